The van der Waals surface area contributed by atoms with E-state index in [2.05, 4.69) is 16.0 Å². The number of hydrogen-bond donors (Lipinski definition) is 2. The SMILES string of the molecule is Cc1cc(C(=O)NNC(=O)c2ccc(-c3ccc(F)cc3)s2)n(C)n1. The van der Waals surface area contributed by atoms with Crippen molar-refractivity contribution in [2.45, 2.75) is 6.92 Å². The molecular formula is C17H15FN4O2S. The van der Waals surface area contributed by atoms with Crippen LogP contribution in [0.2, 0.25) is 0 Å². The van der Waals surface area contributed by atoms with E-state index in [0.29, 0.717) is 16.3 Å². The molecule has 0 aliphatic carbocycles. The van der Waals surface area contributed by atoms with E-state index >= 15 is 0 Å². The second-order valence-electron chi connectivity index (χ2n) is 5.37. The highest BCUT2D eigenvalue weighted by molar-refractivity contribution is 7.17. The number of carbonyl (C=O) groups excluding carboxylic acids is 2. The van der Waals surface area contributed by atoms with Crippen LogP contribution in [0.15, 0.2) is 42.5 Å². The molecule has 0 fully saturated rings. The topological polar surface area (TPSA) is 76.0 Å². The van der Waals surface area contributed by atoms with Gasteiger partial charge in [0, 0.05) is 11.9 Å². The van der Waals surface area contributed by atoms with Crippen molar-refractivity contribution in [3.8, 4) is 10.4 Å². The third kappa shape index (κ3) is 3.74. The summed E-state index contributed by atoms with van der Waals surface area (Å²) in [6, 6.07) is 11.1. The summed E-state index contributed by atoms with van der Waals surface area (Å²) in [5.74, 6) is -1.19. The normalized spacial score (nSPS) is 10.5. The minimum Gasteiger partial charge on any atom is -0.266 e. The number of benzene rings is 1. The summed E-state index contributed by atoms with van der Waals surface area (Å²) in [6.07, 6.45) is 0. The van der Waals surface area contributed by atoms with Crippen LogP contribution in [0.3, 0.4) is 0 Å². The number of halogens is 1. The molecule has 2 aromatic heterocycles. The Labute approximate surface area is 147 Å². The molecule has 0 saturated carbocycles. The fourth-order valence-corrected chi connectivity index (χ4v) is 3.20. The van der Waals surface area contributed by atoms with Crippen molar-refractivity contribution in [3.05, 3.63) is 64.5 Å². The first-order valence-electron chi connectivity index (χ1n) is 7.41. The zero-order valence-corrected chi connectivity index (χ0v) is 14.4. The molecule has 3 aromatic rings. The van der Waals surface area contributed by atoms with E-state index in [1.165, 1.54) is 28.2 Å². The highest BCUT2D eigenvalue weighted by Crippen LogP contribution is 2.28. The van der Waals surface area contributed by atoms with Gasteiger partial charge in [-0.05, 0) is 42.8 Å². The molecule has 0 radical (unpaired) electrons. The van der Waals surface area contributed by atoms with Gasteiger partial charge in [-0.15, -0.1) is 11.3 Å². The number of thiophene rings is 1. The summed E-state index contributed by atoms with van der Waals surface area (Å²) >= 11 is 1.25. The second-order valence-corrected chi connectivity index (χ2v) is 6.46. The number of nitrogens with zero attached hydrogens (tertiary/aromatic N) is 2. The molecule has 2 N–H and O–H groups in total. The lowest BCUT2D eigenvalue weighted by molar-refractivity contribution is 0.0843. The Hall–Kier alpha value is -3.00. The molecule has 0 aliphatic heterocycles. The zero-order chi connectivity index (χ0) is 18.0. The van der Waals surface area contributed by atoms with Crippen molar-refractivity contribution < 1.29 is 14.0 Å². The van der Waals surface area contributed by atoms with E-state index in [4.69, 9.17) is 0 Å². The van der Waals surface area contributed by atoms with Gasteiger partial charge in [0.05, 0.1) is 10.6 Å². The molecule has 2 amide bonds. The van der Waals surface area contributed by atoms with Crippen molar-refractivity contribution in [2.24, 2.45) is 7.05 Å². The van der Waals surface area contributed by atoms with E-state index in [0.717, 1.165) is 10.4 Å². The molecule has 0 bridgehead atoms. The molecule has 0 spiro atoms. The second kappa shape index (κ2) is 6.86. The van der Waals surface area contributed by atoms with Crippen LogP contribution in [-0.2, 0) is 7.05 Å². The average Bonchev–Trinajstić information content (AvgIpc) is 3.20. The smallest absolute Gasteiger partial charge is 0.266 e. The van der Waals surface area contributed by atoms with Gasteiger partial charge in [-0.1, -0.05) is 12.1 Å². The van der Waals surface area contributed by atoms with E-state index < -0.39 is 11.8 Å². The lowest BCUT2D eigenvalue weighted by Crippen LogP contribution is -2.42. The first-order valence-corrected chi connectivity index (χ1v) is 8.23. The van der Waals surface area contributed by atoms with Gasteiger partial charge in [0.2, 0.25) is 0 Å². The summed E-state index contributed by atoms with van der Waals surface area (Å²) in [7, 11) is 1.65. The van der Waals surface area contributed by atoms with Crippen molar-refractivity contribution in [3.63, 3.8) is 0 Å². The van der Waals surface area contributed by atoms with Gasteiger partial charge < -0.3 is 0 Å². The van der Waals surface area contributed by atoms with Gasteiger partial charge in [0.15, 0.2) is 0 Å². The van der Waals surface area contributed by atoms with E-state index in [1.54, 1.807) is 44.3 Å². The van der Waals surface area contributed by atoms with Crippen molar-refractivity contribution in [1.29, 1.82) is 0 Å². The average molecular weight is 358 g/mol. The summed E-state index contributed by atoms with van der Waals surface area (Å²) in [5, 5.41) is 4.08. The number of aryl methyl sites for hydroxylation is 2. The van der Waals surface area contributed by atoms with Gasteiger partial charge in [0.25, 0.3) is 11.8 Å². The largest absolute Gasteiger partial charge is 0.287 e. The maximum absolute atomic E-state index is 13.0. The van der Waals surface area contributed by atoms with Gasteiger partial charge in [-0.3, -0.25) is 25.1 Å². The van der Waals surface area contributed by atoms with E-state index in [9.17, 15) is 14.0 Å². The number of hydrazine groups is 1. The minimum atomic E-state index is -0.452. The number of amides is 2. The molecule has 128 valence electrons. The van der Waals surface area contributed by atoms with Crippen LogP contribution in [0.4, 0.5) is 4.39 Å². The van der Waals surface area contributed by atoms with Gasteiger partial charge in [0.1, 0.15) is 11.5 Å². The molecule has 2 heterocycles. The van der Waals surface area contributed by atoms with Crippen molar-refractivity contribution in [1.82, 2.24) is 20.6 Å². The van der Waals surface area contributed by atoms with Crippen LogP contribution in [-0.4, -0.2) is 21.6 Å². The van der Waals surface area contributed by atoms with E-state index in [-0.39, 0.29) is 5.82 Å². The molecule has 6 nitrogen and oxygen atoms in total. The lowest BCUT2D eigenvalue weighted by atomic mass is 10.2. The highest BCUT2D eigenvalue weighted by Gasteiger charge is 2.15. The minimum absolute atomic E-state index is 0.314. The van der Waals surface area contributed by atoms with Crippen LogP contribution in [0, 0.1) is 12.7 Å². The number of nitrogens with one attached hydrogen (secondary N) is 2. The zero-order valence-electron chi connectivity index (χ0n) is 13.5. The molecule has 0 aliphatic rings. The lowest BCUT2D eigenvalue weighted by Gasteiger charge is -2.06. The Morgan fingerprint density at radius 2 is 1.76 bits per heavy atom. The van der Waals surface area contributed by atoms with E-state index in [1.807, 2.05) is 0 Å². The van der Waals surface area contributed by atoms with Crippen molar-refractivity contribution in [2.75, 3.05) is 0 Å². The predicted octanol–water partition coefficient (Wildman–Crippen LogP) is 2.67. The van der Waals surface area contributed by atoms with Crippen LogP contribution in [0.5, 0.6) is 0 Å². The third-order valence-corrected chi connectivity index (χ3v) is 4.62. The molecule has 8 heteroatoms. The fourth-order valence-electron chi connectivity index (χ4n) is 2.29. The molecule has 0 atom stereocenters. The Bertz CT molecular complexity index is 931. The fraction of sp³-hybridized carbons (Fsp3) is 0.118. The van der Waals surface area contributed by atoms with Gasteiger partial charge >= 0.3 is 0 Å². The van der Waals surface area contributed by atoms with Crippen LogP contribution in [0.1, 0.15) is 25.9 Å². The Balaban J connectivity index is 1.65. The maximum Gasteiger partial charge on any atom is 0.287 e. The molecule has 3 rings (SSSR count). The van der Waals surface area contributed by atoms with Crippen molar-refractivity contribution >= 4 is 23.2 Å². The molecular weight excluding hydrogens is 343 g/mol. The molecule has 0 unspecified atom stereocenters. The number of carbonyl (C=O) groups is 2. The quantitative estimate of drug-likeness (QED) is 0.707. The molecule has 25 heavy (non-hydrogen) atoms. The monoisotopic (exact) mass is 358 g/mol. The molecule has 0 saturated heterocycles. The highest BCUT2D eigenvalue weighted by atomic mass is 32.1. The maximum atomic E-state index is 13.0. The van der Waals surface area contributed by atoms with Gasteiger partial charge in [-0.2, -0.15) is 5.10 Å². The third-order valence-electron chi connectivity index (χ3n) is 3.48. The predicted molar refractivity (Wildman–Crippen MR) is 92.6 cm³/mol. The molecule has 1 aromatic carbocycles. The Morgan fingerprint density at radius 3 is 2.40 bits per heavy atom. The van der Waals surface area contributed by atoms with Crippen LogP contribution in [0.25, 0.3) is 10.4 Å². The van der Waals surface area contributed by atoms with Crippen LogP contribution < -0.4 is 10.9 Å². The summed E-state index contributed by atoms with van der Waals surface area (Å²) in [5.41, 5.74) is 6.62. The first-order chi connectivity index (χ1) is 11.9. The Kier molecular flexibility index (Phi) is 4.62. The van der Waals surface area contributed by atoms with Gasteiger partial charge in [-0.25, -0.2) is 4.39 Å². The Morgan fingerprint density at radius 1 is 1.08 bits per heavy atom. The number of aromatic nitrogens is 2. The number of hydrogen-bond acceptors (Lipinski definition) is 4. The summed E-state index contributed by atoms with van der Waals surface area (Å²) in [6.45, 7) is 1.78. The first kappa shape index (κ1) is 16.8. The number of rotatable bonds is 3. The van der Waals surface area contributed by atoms with Crippen LogP contribution >= 0.6 is 11.3 Å². The summed E-state index contributed by atoms with van der Waals surface area (Å²) in [4.78, 5) is 25.5. The summed E-state index contributed by atoms with van der Waals surface area (Å²) < 4.78 is 14.4. The standard InChI is InChI=1S/C17H15FN4O2S/c1-10-9-13(22(2)21-10)16(23)19-20-17(24)15-8-7-14(25-15)11-3-5-12(18)6-4-11/h3-9H,1-2H3,(H,19,23)(H,20,24).